The van der Waals surface area contributed by atoms with Gasteiger partial charge in [0.15, 0.2) is 0 Å². The van der Waals surface area contributed by atoms with Crippen molar-refractivity contribution in [3.05, 3.63) is 59.2 Å². The fraction of sp³-hybridized carbons (Fsp3) is 0.368. The predicted molar refractivity (Wildman–Crippen MR) is 93.2 cm³/mol. The van der Waals surface area contributed by atoms with Crippen molar-refractivity contribution in [1.29, 1.82) is 0 Å². The lowest BCUT2D eigenvalue weighted by Gasteiger charge is -2.22. The first-order valence-electron chi connectivity index (χ1n) is 7.79. The fourth-order valence-corrected chi connectivity index (χ4v) is 2.65. The SMILES string of the molecule is CCN(CC)c1ccc(NCc2cccc(C)c2)c(C)c1. The molecule has 2 heteroatoms. The van der Waals surface area contributed by atoms with Gasteiger partial charge in [-0.15, -0.1) is 0 Å². The summed E-state index contributed by atoms with van der Waals surface area (Å²) in [4.78, 5) is 2.37. The van der Waals surface area contributed by atoms with Crippen LogP contribution in [0.15, 0.2) is 42.5 Å². The number of hydrogen-bond donors (Lipinski definition) is 1. The molecule has 0 fully saturated rings. The lowest BCUT2D eigenvalue weighted by molar-refractivity contribution is 0.865. The third-order valence-corrected chi connectivity index (χ3v) is 3.90. The van der Waals surface area contributed by atoms with Crippen LogP contribution in [0.5, 0.6) is 0 Å². The lowest BCUT2D eigenvalue weighted by atomic mass is 10.1. The zero-order valence-corrected chi connectivity index (χ0v) is 13.6. The Kier molecular flexibility index (Phi) is 5.26. The van der Waals surface area contributed by atoms with Crippen LogP contribution in [-0.4, -0.2) is 13.1 Å². The summed E-state index contributed by atoms with van der Waals surface area (Å²) in [6, 6.07) is 15.3. The standard InChI is InChI=1S/C19H26N2/c1-5-21(6-2)18-10-11-19(16(4)13-18)20-14-17-9-7-8-15(3)12-17/h7-13,20H,5-6,14H2,1-4H3. The summed E-state index contributed by atoms with van der Waals surface area (Å²) in [6.45, 7) is 11.7. The van der Waals surface area contributed by atoms with Crippen LogP contribution in [0, 0.1) is 13.8 Å². The Morgan fingerprint density at radius 3 is 2.33 bits per heavy atom. The largest absolute Gasteiger partial charge is 0.381 e. The van der Waals surface area contributed by atoms with Crippen molar-refractivity contribution >= 4 is 11.4 Å². The molecule has 0 radical (unpaired) electrons. The molecule has 2 nitrogen and oxygen atoms in total. The summed E-state index contributed by atoms with van der Waals surface area (Å²) in [5, 5.41) is 3.54. The molecule has 2 aromatic rings. The lowest BCUT2D eigenvalue weighted by Crippen LogP contribution is -2.21. The number of nitrogens with one attached hydrogen (secondary N) is 1. The Balaban J connectivity index is 2.07. The van der Waals surface area contributed by atoms with E-state index in [2.05, 4.69) is 80.4 Å². The van der Waals surface area contributed by atoms with Gasteiger partial charge in [-0.2, -0.15) is 0 Å². The molecule has 0 aliphatic carbocycles. The van der Waals surface area contributed by atoms with E-state index in [-0.39, 0.29) is 0 Å². The first-order valence-corrected chi connectivity index (χ1v) is 7.79. The molecule has 0 atom stereocenters. The van der Waals surface area contributed by atoms with Crippen LogP contribution in [0.1, 0.15) is 30.5 Å². The van der Waals surface area contributed by atoms with E-state index in [1.54, 1.807) is 0 Å². The smallest absolute Gasteiger partial charge is 0.0400 e. The van der Waals surface area contributed by atoms with Gasteiger partial charge < -0.3 is 10.2 Å². The van der Waals surface area contributed by atoms with E-state index in [4.69, 9.17) is 0 Å². The van der Waals surface area contributed by atoms with Gasteiger partial charge in [0.1, 0.15) is 0 Å². The molecule has 2 rings (SSSR count). The number of nitrogens with zero attached hydrogens (tertiary/aromatic N) is 1. The molecule has 2 aromatic carbocycles. The molecule has 0 spiro atoms. The highest BCUT2D eigenvalue weighted by Gasteiger charge is 2.05. The van der Waals surface area contributed by atoms with Crippen LogP contribution in [0.2, 0.25) is 0 Å². The van der Waals surface area contributed by atoms with Gasteiger partial charge in [0.25, 0.3) is 0 Å². The first kappa shape index (κ1) is 15.4. The van der Waals surface area contributed by atoms with Crippen molar-refractivity contribution in [2.24, 2.45) is 0 Å². The molecular weight excluding hydrogens is 256 g/mol. The highest BCUT2D eigenvalue weighted by molar-refractivity contribution is 5.60. The molecule has 112 valence electrons. The second-order valence-corrected chi connectivity index (χ2v) is 5.51. The van der Waals surface area contributed by atoms with Crippen molar-refractivity contribution in [3.63, 3.8) is 0 Å². The van der Waals surface area contributed by atoms with Crippen molar-refractivity contribution < 1.29 is 0 Å². The number of aryl methyl sites for hydroxylation is 2. The molecule has 0 aliphatic rings. The Morgan fingerprint density at radius 1 is 0.952 bits per heavy atom. The molecule has 0 aliphatic heterocycles. The first-order chi connectivity index (χ1) is 10.1. The summed E-state index contributed by atoms with van der Waals surface area (Å²) in [7, 11) is 0. The van der Waals surface area contributed by atoms with Crippen LogP contribution in [0.25, 0.3) is 0 Å². The Bertz CT molecular complexity index is 586. The van der Waals surface area contributed by atoms with Gasteiger partial charge in [-0.1, -0.05) is 29.8 Å². The van der Waals surface area contributed by atoms with Gasteiger partial charge in [0.2, 0.25) is 0 Å². The second-order valence-electron chi connectivity index (χ2n) is 5.51. The molecule has 0 saturated heterocycles. The zero-order valence-electron chi connectivity index (χ0n) is 13.6. The third kappa shape index (κ3) is 4.01. The van der Waals surface area contributed by atoms with E-state index in [0.29, 0.717) is 0 Å². The average molecular weight is 282 g/mol. The molecule has 0 unspecified atom stereocenters. The van der Waals surface area contributed by atoms with E-state index in [0.717, 1.165) is 19.6 Å². The van der Waals surface area contributed by atoms with Crippen LogP contribution in [0.4, 0.5) is 11.4 Å². The van der Waals surface area contributed by atoms with Crippen molar-refractivity contribution in [2.45, 2.75) is 34.2 Å². The highest BCUT2D eigenvalue weighted by Crippen LogP contribution is 2.23. The Hall–Kier alpha value is -1.96. The zero-order chi connectivity index (χ0) is 15.2. The van der Waals surface area contributed by atoms with E-state index >= 15 is 0 Å². The fourth-order valence-electron chi connectivity index (χ4n) is 2.65. The summed E-state index contributed by atoms with van der Waals surface area (Å²) in [6.07, 6.45) is 0. The van der Waals surface area contributed by atoms with Gasteiger partial charge in [-0.3, -0.25) is 0 Å². The summed E-state index contributed by atoms with van der Waals surface area (Å²) >= 11 is 0. The normalized spacial score (nSPS) is 10.5. The topological polar surface area (TPSA) is 15.3 Å². The highest BCUT2D eigenvalue weighted by atomic mass is 15.1. The van der Waals surface area contributed by atoms with E-state index in [1.807, 2.05) is 0 Å². The van der Waals surface area contributed by atoms with Gasteiger partial charge in [-0.25, -0.2) is 0 Å². The summed E-state index contributed by atoms with van der Waals surface area (Å²) in [5.41, 5.74) is 6.45. The quantitative estimate of drug-likeness (QED) is 0.821. The van der Waals surface area contributed by atoms with E-state index in [9.17, 15) is 0 Å². The van der Waals surface area contributed by atoms with Gasteiger partial charge in [0, 0.05) is 31.0 Å². The van der Waals surface area contributed by atoms with Crippen LogP contribution in [0.3, 0.4) is 0 Å². The van der Waals surface area contributed by atoms with Crippen molar-refractivity contribution in [3.8, 4) is 0 Å². The number of benzene rings is 2. The molecule has 0 heterocycles. The maximum Gasteiger partial charge on any atom is 0.0400 e. The van der Waals surface area contributed by atoms with Crippen LogP contribution in [-0.2, 0) is 6.54 Å². The maximum absolute atomic E-state index is 3.54. The monoisotopic (exact) mass is 282 g/mol. The summed E-state index contributed by atoms with van der Waals surface area (Å²) < 4.78 is 0. The van der Waals surface area contributed by atoms with Crippen molar-refractivity contribution in [2.75, 3.05) is 23.3 Å². The Morgan fingerprint density at radius 2 is 1.71 bits per heavy atom. The molecular formula is C19H26N2. The maximum atomic E-state index is 3.54. The molecule has 1 N–H and O–H groups in total. The number of rotatable bonds is 6. The molecule has 0 aromatic heterocycles. The van der Waals surface area contributed by atoms with Gasteiger partial charge in [-0.05, 0) is 57.0 Å². The number of hydrogen-bond acceptors (Lipinski definition) is 2. The van der Waals surface area contributed by atoms with E-state index < -0.39 is 0 Å². The average Bonchev–Trinajstić information content (AvgIpc) is 2.48. The minimum atomic E-state index is 0.868. The minimum Gasteiger partial charge on any atom is -0.381 e. The van der Waals surface area contributed by atoms with E-state index in [1.165, 1.54) is 28.1 Å². The molecule has 21 heavy (non-hydrogen) atoms. The second kappa shape index (κ2) is 7.16. The molecule has 0 bridgehead atoms. The summed E-state index contributed by atoms with van der Waals surface area (Å²) in [5.74, 6) is 0. The minimum absolute atomic E-state index is 0.868. The van der Waals surface area contributed by atoms with Crippen LogP contribution < -0.4 is 10.2 Å². The van der Waals surface area contributed by atoms with Crippen LogP contribution >= 0.6 is 0 Å². The molecule has 0 amide bonds. The van der Waals surface area contributed by atoms with Gasteiger partial charge >= 0.3 is 0 Å². The molecule has 0 saturated carbocycles. The van der Waals surface area contributed by atoms with Gasteiger partial charge in [0.05, 0.1) is 0 Å². The predicted octanol–water partition coefficient (Wildman–Crippen LogP) is 4.76. The third-order valence-electron chi connectivity index (χ3n) is 3.90. The Labute approximate surface area is 128 Å². The van der Waals surface area contributed by atoms with Crippen molar-refractivity contribution in [1.82, 2.24) is 0 Å². The number of anilines is 2.